The number of halogens is 1. The van der Waals surface area contributed by atoms with Gasteiger partial charge >= 0.3 is 0 Å². The first kappa shape index (κ1) is 9.91. The van der Waals surface area contributed by atoms with E-state index in [1.54, 1.807) is 0 Å². The fourth-order valence-electron chi connectivity index (χ4n) is 2.42. The van der Waals surface area contributed by atoms with E-state index in [1.807, 2.05) is 24.4 Å². The molecule has 3 heteroatoms. The highest BCUT2D eigenvalue weighted by molar-refractivity contribution is 6.31. The third kappa shape index (κ3) is 1.45. The Labute approximate surface area is 100 Å². The van der Waals surface area contributed by atoms with E-state index in [9.17, 15) is 0 Å². The van der Waals surface area contributed by atoms with Crippen LogP contribution in [0.3, 0.4) is 0 Å². The van der Waals surface area contributed by atoms with Crippen LogP contribution in [0.5, 0.6) is 0 Å². The van der Waals surface area contributed by atoms with E-state index < -0.39 is 0 Å². The van der Waals surface area contributed by atoms with Crippen LogP contribution in [0, 0.1) is 0 Å². The zero-order valence-corrected chi connectivity index (χ0v) is 9.96. The second-order valence-electron chi connectivity index (χ2n) is 4.31. The van der Waals surface area contributed by atoms with Crippen LogP contribution in [-0.2, 0) is 0 Å². The molecule has 1 fully saturated rings. The van der Waals surface area contributed by atoms with E-state index in [4.69, 9.17) is 11.6 Å². The molecule has 82 valence electrons. The lowest BCUT2D eigenvalue weighted by atomic mass is 10.0. The first-order valence-electron chi connectivity index (χ1n) is 5.54. The summed E-state index contributed by atoms with van der Waals surface area (Å²) < 4.78 is 0. The molecule has 2 aliphatic rings. The van der Waals surface area contributed by atoms with Crippen molar-refractivity contribution in [2.75, 3.05) is 13.6 Å². The van der Waals surface area contributed by atoms with Crippen LogP contribution in [-0.4, -0.2) is 24.7 Å². The summed E-state index contributed by atoms with van der Waals surface area (Å²) in [6, 6.07) is 5.89. The molecule has 0 aliphatic carbocycles. The molecule has 2 aliphatic heterocycles. The normalized spacial score (nSPS) is 23.0. The minimum Gasteiger partial charge on any atom is -0.377 e. The van der Waals surface area contributed by atoms with E-state index in [0.29, 0.717) is 0 Å². The zero-order valence-electron chi connectivity index (χ0n) is 9.20. The third-order valence-corrected chi connectivity index (χ3v) is 3.50. The maximum atomic E-state index is 6.04. The Balaban J connectivity index is 2.15. The summed E-state index contributed by atoms with van der Waals surface area (Å²) in [5.74, 6) is 0. The summed E-state index contributed by atoms with van der Waals surface area (Å²) in [7, 11) is 2.14. The maximum Gasteiger partial charge on any atom is 0.0710 e. The molecule has 1 saturated heterocycles. The highest BCUT2D eigenvalue weighted by atomic mass is 35.5. The minimum absolute atomic E-state index is 0.781. The van der Waals surface area contributed by atoms with Crippen LogP contribution in [0.2, 0.25) is 5.02 Å². The van der Waals surface area contributed by atoms with Crippen molar-refractivity contribution in [3.05, 3.63) is 34.5 Å². The van der Waals surface area contributed by atoms with Crippen LogP contribution in [0.15, 0.2) is 28.9 Å². The number of allylic oxidation sites excluding steroid dienone is 2. The fourth-order valence-corrected chi connectivity index (χ4v) is 2.59. The fraction of sp³-hybridized carbons (Fsp3) is 0.308. The molecule has 0 N–H and O–H groups in total. The monoisotopic (exact) mass is 232 g/mol. The molecule has 1 aromatic rings. The Kier molecular flexibility index (Phi) is 2.25. The Hall–Kier alpha value is -1.28. The van der Waals surface area contributed by atoms with Gasteiger partial charge in [0.1, 0.15) is 0 Å². The van der Waals surface area contributed by atoms with Gasteiger partial charge in [0.25, 0.3) is 0 Å². The van der Waals surface area contributed by atoms with Crippen molar-refractivity contribution in [2.45, 2.75) is 12.8 Å². The summed E-state index contributed by atoms with van der Waals surface area (Å²) in [4.78, 5) is 6.75. The van der Waals surface area contributed by atoms with Crippen molar-refractivity contribution < 1.29 is 0 Å². The van der Waals surface area contributed by atoms with E-state index in [-0.39, 0.29) is 0 Å². The number of aliphatic imine (C=N–C) groups is 1. The standard InChI is InChI=1S/C13H13ClN2/c1-16-6-2-3-13(16)11-8-15-12-5-4-9(14)7-10(11)12/h4-5,7-8H,2-3,6H2,1H3/b13-11+. The summed E-state index contributed by atoms with van der Waals surface area (Å²) in [5, 5.41) is 0.781. The van der Waals surface area contributed by atoms with Crippen molar-refractivity contribution in [1.82, 2.24) is 4.90 Å². The van der Waals surface area contributed by atoms with Gasteiger partial charge in [-0.2, -0.15) is 0 Å². The molecule has 0 bridgehead atoms. The van der Waals surface area contributed by atoms with E-state index in [1.165, 1.54) is 23.3 Å². The number of likely N-dealkylation sites (tertiary alicyclic amines) is 1. The molecule has 0 aromatic heterocycles. The minimum atomic E-state index is 0.781. The lowest BCUT2D eigenvalue weighted by Crippen LogP contribution is -2.11. The lowest BCUT2D eigenvalue weighted by molar-refractivity contribution is 0.484. The van der Waals surface area contributed by atoms with Crippen molar-refractivity contribution in [3.63, 3.8) is 0 Å². The molecule has 0 unspecified atom stereocenters. The lowest BCUT2D eigenvalue weighted by Gasteiger charge is -2.15. The smallest absolute Gasteiger partial charge is 0.0710 e. The molecular formula is C13H13ClN2. The predicted octanol–water partition coefficient (Wildman–Crippen LogP) is 3.49. The van der Waals surface area contributed by atoms with Gasteiger partial charge in [-0.1, -0.05) is 11.6 Å². The SMILES string of the molecule is CN1CCC/C1=C1/C=Nc2ccc(Cl)cc21. The molecule has 0 radical (unpaired) electrons. The van der Waals surface area contributed by atoms with Gasteiger partial charge in [0, 0.05) is 41.7 Å². The third-order valence-electron chi connectivity index (χ3n) is 3.26. The Morgan fingerprint density at radius 2 is 2.25 bits per heavy atom. The molecule has 0 amide bonds. The number of benzene rings is 1. The number of hydrogen-bond donors (Lipinski definition) is 0. The number of fused-ring (bicyclic) bond motifs is 1. The largest absolute Gasteiger partial charge is 0.377 e. The highest BCUT2D eigenvalue weighted by Gasteiger charge is 2.22. The number of nitrogens with zero attached hydrogens (tertiary/aromatic N) is 2. The summed E-state index contributed by atoms with van der Waals surface area (Å²) in [6.07, 6.45) is 4.35. The van der Waals surface area contributed by atoms with Gasteiger partial charge in [-0.15, -0.1) is 0 Å². The average molecular weight is 233 g/mol. The van der Waals surface area contributed by atoms with Crippen LogP contribution >= 0.6 is 11.6 Å². The van der Waals surface area contributed by atoms with Gasteiger partial charge in [-0.25, -0.2) is 0 Å². The van der Waals surface area contributed by atoms with Crippen molar-refractivity contribution >= 4 is 29.1 Å². The molecule has 1 aromatic carbocycles. The zero-order chi connectivity index (χ0) is 11.1. The molecule has 3 rings (SSSR count). The van der Waals surface area contributed by atoms with E-state index >= 15 is 0 Å². The molecule has 0 atom stereocenters. The molecule has 2 heterocycles. The molecule has 2 nitrogen and oxygen atoms in total. The van der Waals surface area contributed by atoms with Crippen LogP contribution < -0.4 is 0 Å². The van der Waals surface area contributed by atoms with Crippen molar-refractivity contribution in [3.8, 4) is 0 Å². The number of rotatable bonds is 0. The van der Waals surface area contributed by atoms with Crippen LogP contribution in [0.4, 0.5) is 5.69 Å². The summed E-state index contributed by atoms with van der Waals surface area (Å²) in [5.41, 5.74) is 4.85. The van der Waals surface area contributed by atoms with Gasteiger partial charge in [-0.3, -0.25) is 4.99 Å². The molecule has 0 spiro atoms. The molecular weight excluding hydrogens is 220 g/mol. The van der Waals surface area contributed by atoms with Crippen molar-refractivity contribution in [1.29, 1.82) is 0 Å². The Bertz CT molecular complexity index is 503. The first-order chi connectivity index (χ1) is 7.75. The highest BCUT2D eigenvalue weighted by Crippen LogP contribution is 2.38. The van der Waals surface area contributed by atoms with Gasteiger partial charge in [0.05, 0.1) is 5.69 Å². The Morgan fingerprint density at radius 1 is 1.38 bits per heavy atom. The van der Waals surface area contributed by atoms with Gasteiger partial charge in [-0.05, 0) is 31.0 Å². The predicted molar refractivity (Wildman–Crippen MR) is 68.4 cm³/mol. The van der Waals surface area contributed by atoms with E-state index in [0.717, 1.165) is 23.7 Å². The second kappa shape index (κ2) is 3.63. The maximum absolute atomic E-state index is 6.04. The van der Waals surface area contributed by atoms with Crippen LogP contribution in [0.25, 0.3) is 5.57 Å². The first-order valence-corrected chi connectivity index (χ1v) is 5.92. The Morgan fingerprint density at radius 3 is 3.00 bits per heavy atom. The average Bonchev–Trinajstić information content (AvgIpc) is 2.83. The van der Waals surface area contributed by atoms with Crippen molar-refractivity contribution in [2.24, 2.45) is 4.99 Å². The quantitative estimate of drug-likeness (QED) is 0.669. The molecule has 16 heavy (non-hydrogen) atoms. The summed E-state index contributed by atoms with van der Waals surface area (Å²) in [6.45, 7) is 1.14. The summed E-state index contributed by atoms with van der Waals surface area (Å²) >= 11 is 6.04. The topological polar surface area (TPSA) is 15.6 Å². The van der Waals surface area contributed by atoms with Crippen LogP contribution in [0.1, 0.15) is 18.4 Å². The van der Waals surface area contributed by atoms with Gasteiger partial charge in [0.15, 0.2) is 0 Å². The van der Waals surface area contributed by atoms with E-state index in [2.05, 4.69) is 16.9 Å². The number of hydrogen-bond acceptors (Lipinski definition) is 2. The van der Waals surface area contributed by atoms with Gasteiger partial charge < -0.3 is 4.90 Å². The van der Waals surface area contributed by atoms with Gasteiger partial charge in [0.2, 0.25) is 0 Å². The second-order valence-corrected chi connectivity index (χ2v) is 4.74. The molecule has 0 saturated carbocycles.